The molecule has 1 amide bonds. The molecule has 1 N–H and O–H groups in total. The van der Waals surface area contributed by atoms with Gasteiger partial charge in [0.15, 0.2) is 0 Å². The summed E-state index contributed by atoms with van der Waals surface area (Å²) in [6.45, 7) is 0.737. The van der Waals surface area contributed by atoms with Gasteiger partial charge in [0, 0.05) is 16.2 Å². The number of rotatable bonds is 7. The predicted molar refractivity (Wildman–Crippen MR) is 126 cm³/mol. The second-order valence-electron chi connectivity index (χ2n) is 7.07. The Balaban J connectivity index is 1.33. The van der Waals surface area contributed by atoms with E-state index in [1.54, 1.807) is 47.4 Å². The molecule has 0 spiro atoms. The van der Waals surface area contributed by atoms with Gasteiger partial charge in [0.05, 0.1) is 23.5 Å². The number of benzene rings is 3. The number of hydrogen-bond donors (Lipinski definition) is 1. The van der Waals surface area contributed by atoms with Crippen LogP contribution in [0.1, 0.15) is 21.5 Å². The second-order valence-corrected chi connectivity index (χ2v) is 8.39. The number of hydrogen-bond acceptors (Lipinski definition) is 3. The minimum atomic E-state index is -0.294. The highest BCUT2D eigenvalue weighted by molar-refractivity contribution is 9.10. The summed E-state index contributed by atoms with van der Waals surface area (Å²) in [5.74, 6) is 0.0441. The van der Waals surface area contributed by atoms with Crippen LogP contribution in [0, 0.1) is 5.82 Å². The number of amides is 1. The zero-order chi connectivity index (χ0) is 22.5. The van der Waals surface area contributed by atoms with Crippen molar-refractivity contribution < 1.29 is 13.9 Å². The van der Waals surface area contributed by atoms with Crippen molar-refractivity contribution in [2.45, 2.75) is 13.2 Å². The van der Waals surface area contributed by atoms with Gasteiger partial charge in [-0.1, -0.05) is 51.8 Å². The highest BCUT2D eigenvalue weighted by atomic mass is 79.9. The molecule has 0 saturated heterocycles. The maximum Gasteiger partial charge on any atom is 0.255 e. The second kappa shape index (κ2) is 9.97. The molecule has 1 aromatic heterocycles. The van der Waals surface area contributed by atoms with Crippen LogP contribution in [0.2, 0.25) is 5.02 Å². The van der Waals surface area contributed by atoms with Gasteiger partial charge in [0.1, 0.15) is 18.2 Å². The molecule has 4 rings (SSSR count). The van der Waals surface area contributed by atoms with Crippen LogP contribution in [0.25, 0.3) is 0 Å². The number of halogens is 3. The van der Waals surface area contributed by atoms with E-state index in [9.17, 15) is 9.18 Å². The van der Waals surface area contributed by atoms with Gasteiger partial charge in [-0.2, -0.15) is 5.10 Å². The fraction of sp³-hybridized carbons (Fsp3) is 0.0833. The van der Waals surface area contributed by atoms with Crippen molar-refractivity contribution in [3.8, 4) is 5.75 Å². The molecule has 4 aromatic rings. The standard InChI is InChI=1S/C24H18BrClFN3O2/c25-19-8-9-23(22(26)11-19)32-15-16-4-6-18(7-5-16)24(31)29-21-12-28-30(14-21)13-17-2-1-3-20(27)10-17/h1-12,14H,13,15H2,(H,29,31). The van der Waals surface area contributed by atoms with E-state index in [1.807, 2.05) is 24.3 Å². The Hall–Kier alpha value is -3.16. The molecule has 3 aromatic carbocycles. The molecule has 0 atom stereocenters. The molecule has 8 heteroatoms. The lowest BCUT2D eigenvalue weighted by Crippen LogP contribution is -2.11. The monoisotopic (exact) mass is 513 g/mol. The minimum absolute atomic E-state index is 0.251. The maximum atomic E-state index is 13.3. The SMILES string of the molecule is O=C(Nc1cnn(Cc2cccc(F)c2)c1)c1ccc(COc2ccc(Br)cc2Cl)cc1. The van der Waals surface area contributed by atoms with Crippen LogP contribution in [0.15, 0.2) is 83.6 Å². The fourth-order valence-corrected chi connectivity index (χ4v) is 3.77. The molecular weight excluding hydrogens is 497 g/mol. The van der Waals surface area contributed by atoms with E-state index in [-0.39, 0.29) is 11.7 Å². The fourth-order valence-electron chi connectivity index (χ4n) is 3.05. The molecule has 0 aliphatic rings. The third-order valence-corrected chi connectivity index (χ3v) is 5.42. The van der Waals surface area contributed by atoms with Gasteiger partial charge in [0.25, 0.3) is 5.91 Å². The van der Waals surface area contributed by atoms with Gasteiger partial charge in [0.2, 0.25) is 0 Å². The quantitative estimate of drug-likeness (QED) is 0.314. The third kappa shape index (κ3) is 5.75. The number of aromatic nitrogens is 2. The first-order chi connectivity index (χ1) is 15.5. The Morgan fingerprint density at radius 2 is 1.91 bits per heavy atom. The number of carbonyl (C=O) groups excluding carboxylic acids is 1. The highest BCUT2D eigenvalue weighted by Crippen LogP contribution is 2.28. The topological polar surface area (TPSA) is 56.2 Å². The average molecular weight is 515 g/mol. The molecule has 0 aliphatic carbocycles. The third-order valence-electron chi connectivity index (χ3n) is 4.63. The van der Waals surface area contributed by atoms with Crippen molar-refractivity contribution in [2.75, 3.05) is 5.32 Å². The van der Waals surface area contributed by atoms with Crippen molar-refractivity contribution in [3.63, 3.8) is 0 Å². The minimum Gasteiger partial charge on any atom is -0.487 e. The van der Waals surface area contributed by atoms with Crippen molar-refractivity contribution in [3.05, 3.63) is 111 Å². The number of ether oxygens (including phenoxy) is 1. The van der Waals surface area contributed by atoms with Crippen molar-refractivity contribution in [2.24, 2.45) is 0 Å². The number of nitrogens with zero attached hydrogens (tertiary/aromatic N) is 2. The van der Waals surface area contributed by atoms with Gasteiger partial charge < -0.3 is 10.1 Å². The van der Waals surface area contributed by atoms with Gasteiger partial charge in [-0.3, -0.25) is 9.48 Å². The Labute approximate surface area is 197 Å². The number of nitrogens with one attached hydrogen (secondary N) is 1. The summed E-state index contributed by atoms with van der Waals surface area (Å²) in [6.07, 6.45) is 3.26. The van der Waals surface area contributed by atoms with E-state index in [0.29, 0.717) is 35.2 Å². The molecular formula is C24H18BrClFN3O2. The van der Waals surface area contributed by atoms with Crippen LogP contribution in [0.3, 0.4) is 0 Å². The van der Waals surface area contributed by atoms with Gasteiger partial charge in [-0.15, -0.1) is 0 Å². The molecule has 162 valence electrons. The van der Waals surface area contributed by atoms with Crippen LogP contribution in [0.5, 0.6) is 5.75 Å². The van der Waals surface area contributed by atoms with Gasteiger partial charge in [-0.25, -0.2) is 4.39 Å². The smallest absolute Gasteiger partial charge is 0.255 e. The lowest BCUT2D eigenvalue weighted by atomic mass is 10.1. The van der Waals surface area contributed by atoms with Crippen LogP contribution < -0.4 is 10.1 Å². The lowest BCUT2D eigenvalue weighted by Gasteiger charge is -2.09. The van der Waals surface area contributed by atoms with E-state index in [0.717, 1.165) is 15.6 Å². The number of anilines is 1. The summed E-state index contributed by atoms with van der Waals surface area (Å²) in [6, 6.07) is 18.9. The summed E-state index contributed by atoms with van der Waals surface area (Å²) in [5.41, 5.74) is 2.76. The first kappa shape index (κ1) is 22.0. The Bertz CT molecular complexity index is 1240. The zero-order valence-electron chi connectivity index (χ0n) is 16.8. The Kier molecular flexibility index (Phi) is 6.87. The van der Waals surface area contributed by atoms with Crippen LogP contribution in [-0.2, 0) is 13.2 Å². The molecule has 5 nitrogen and oxygen atoms in total. The Morgan fingerprint density at radius 1 is 1.09 bits per heavy atom. The molecule has 0 bridgehead atoms. The van der Waals surface area contributed by atoms with E-state index in [4.69, 9.17) is 16.3 Å². The first-order valence-corrected chi connectivity index (χ1v) is 10.9. The summed E-state index contributed by atoms with van der Waals surface area (Å²) >= 11 is 9.52. The van der Waals surface area contributed by atoms with Crippen LogP contribution in [0.4, 0.5) is 10.1 Å². The lowest BCUT2D eigenvalue weighted by molar-refractivity contribution is 0.102. The summed E-state index contributed by atoms with van der Waals surface area (Å²) in [7, 11) is 0. The summed E-state index contributed by atoms with van der Waals surface area (Å²) in [5, 5.41) is 7.55. The van der Waals surface area contributed by atoms with E-state index >= 15 is 0 Å². The molecule has 0 saturated carbocycles. The van der Waals surface area contributed by atoms with E-state index in [2.05, 4.69) is 26.3 Å². The molecule has 0 unspecified atom stereocenters. The summed E-state index contributed by atoms with van der Waals surface area (Å²) < 4.78 is 21.6. The van der Waals surface area contributed by atoms with Gasteiger partial charge >= 0.3 is 0 Å². The zero-order valence-corrected chi connectivity index (χ0v) is 19.1. The predicted octanol–water partition coefficient (Wildman–Crippen LogP) is 6.32. The molecule has 0 radical (unpaired) electrons. The van der Waals surface area contributed by atoms with E-state index in [1.165, 1.54) is 12.1 Å². The maximum absolute atomic E-state index is 13.3. The van der Waals surface area contributed by atoms with Crippen LogP contribution in [-0.4, -0.2) is 15.7 Å². The Morgan fingerprint density at radius 3 is 2.66 bits per heavy atom. The van der Waals surface area contributed by atoms with E-state index < -0.39 is 0 Å². The first-order valence-electron chi connectivity index (χ1n) is 9.71. The van der Waals surface area contributed by atoms with Crippen molar-refractivity contribution in [1.82, 2.24) is 9.78 Å². The molecule has 32 heavy (non-hydrogen) atoms. The number of carbonyl (C=O) groups is 1. The van der Waals surface area contributed by atoms with Crippen LogP contribution >= 0.6 is 27.5 Å². The molecule has 0 aliphatic heterocycles. The highest BCUT2D eigenvalue weighted by Gasteiger charge is 2.09. The average Bonchev–Trinajstić information content (AvgIpc) is 3.20. The molecule has 1 heterocycles. The van der Waals surface area contributed by atoms with Crippen molar-refractivity contribution >= 4 is 39.1 Å². The molecule has 0 fully saturated rings. The van der Waals surface area contributed by atoms with Gasteiger partial charge in [-0.05, 0) is 53.6 Å². The largest absolute Gasteiger partial charge is 0.487 e. The van der Waals surface area contributed by atoms with Crippen molar-refractivity contribution in [1.29, 1.82) is 0 Å². The normalized spacial score (nSPS) is 10.7. The summed E-state index contributed by atoms with van der Waals surface area (Å²) in [4.78, 5) is 12.5.